The van der Waals surface area contributed by atoms with Crippen molar-refractivity contribution in [2.24, 2.45) is 4.99 Å². The molecule has 31 heavy (non-hydrogen) atoms. The fourth-order valence-electron chi connectivity index (χ4n) is 2.49. The molecule has 0 aliphatic carbocycles. The minimum atomic E-state index is -4.42. The van der Waals surface area contributed by atoms with Gasteiger partial charge in [-0.1, -0.05) is 12.1 Å². The van der Waals surface area contributed by atoms with Crippen molar-refractivity contribution in [1.29, 1.82) is 0 Å². The number of guanidine groups is 1. The van der Waals surface area contributed by atoms with Crippen LogP contribution in [0.5, 0.6) is 5.75 Å². The van der Waals surface area contributed by atoms with Crippen molar-refractivity contribution in [2.75, 3.05) is 19.7 Å². The molecule has 0 aromatic heterocycles. The van der Waals surface area contributed by atoms with E-state index in [9.17, 15) is 28.4 Å². The normalized spacial score (nSPS) is 12.9. The van der Waals surface area contributed by atoms with Crippen LogP contribution in [0.15, 0.2) is 53.5 Å². The fourth-order valence-corrected chi connectivity index (χ4v) is 2.49. The second-order valence-corrected chi connectivity index (χ2v) is 6.49. The number of nitro benzene ring substituents is 1. The number of hydrogen-bond donors (Lipinski definition) is 3. The number of nitrogens with one attached hydrogen (secondary N) is 2. The molecule has 8 nitrogen and oxygen atoms in total. The third kappa shape index (κ3) is 8.13. The van der Waals surface area contributed by atoms with E-state index < -0.39 is 22.8 Å². The van der Waals surface area contributed by atoms with Crippen LogP contribution in [0.4, 0.5) is 18.9 Å². The van der Waals surface area contributed by atoms with Crippen LogP contribution in [0.1, 0.15) is 18.1 Å². The van der Waals surface area contributed by atoms with Gasteiger partial charge in [-0.2, -0.15) is 13.2 Å². The summed E-state index contributed by atoms with van der Waals surface area (Å²) in [5, 5.41) is 26.6. The van der Waals surface area contributed by atoms with Gasteiger partial charge in [0.1, 0.15) is 18.5 Å². The zero-order valence-electron chi connectivity index (χ0n) is 16.7. The first-order valence-corrected chi connectivity index (χ1v) is 9.42. The summed E-state index contributed by atoms with van der Waals surface area (Å²) in [6.07, 6.45) is -5.34. The summed E-state index contributed by atoms with van der Waals surface area (Å²) in [6.45, 7) is 2.37. The highest BCUT2D eigenvalue weighted by molar-refractivity contribution is 5.79. The second-order valence-electron chi connectivity index (χ2n) is 6.49. The number of non-ortho nitro benzene ring substituents is 1. The molecule has 2 aromatic carbocycles. The van der Waals surface area contributed by atoms with E-state index in [1.54, 1.807) is 6.07 Å². The lowest BCUT2D eigenvalue weighted by Gasteiger charge is -2.16. The molecule has 3 N–H and O–H groups in total. The monoisotopic (exact) mass is 440 g/mol. The van der Waals surface area contributed by atoms with E-state index in [0.717, 1.165) is 12.1 Å². The first-order valence-electron chi connectivity index (χ1n) is 9.42. The van der Waals surface area contributed by atoms with E-state index in [1.165, 1.54) is 30.3 Å². The summed E-state index contributed by atoms with van der Waals surface area (Å²) < 4.78 is 43.8. The van der Waals surface area contributed by atoms with Crippen LogP contribution >= 0.6 is 0 Å². The van der Waals surface area contributed by atoms with Crippen molar-refractivity contribution in [3.05, 3.63) is 69.8 Å². The van der Waals surface area contributed by atoms with Crippen molar-refractivity contribution in [1.82, 2.24) is 10.6 Å². The average Bonchev–Trinajstić information content (AvgIpc) is 2.74. The van der Waals surface area contributed by atoms with Crippen LogP contribution in [0.3, 0.4) is 0 Å². The minimum Gasteiger partial charge on any atom is -0.491 e. The molecule has 0 saturated carbocycles. The molecule has 0 saturated heterocycles. The fraction of sp³-hybridized carbons (Fsp3) is 0.350. The van der Waals surface area contributed by atoms with Crippen LogP contribution in [0.25, 0.3) is 0 Å². The van der Waals surface area contributed by atoms with Gasteiger partial charge in [-0.25, -0.2) is 4.99 Å². The molecular formula is C20H23F3N4O4. The third-order valence-electron chi connectivity index (χ3n) is 4.01. The van der Waals surface area contributed by atoms with Crippen molar-refractivity contribution in [2.45, 2.75) is 25.7 Å². The number of halogens is 3. The summed E-state index contributed by atoms with van der Waals surface area (Å²) in [6, 6.07) is 10.4. The highest BCUT2D eigenvalue weighted by atomic mass is 19.4. The summed E-state index contributed by atoms with van der Waals surface area (Å²) >= 11 is 0. The van der Waals surface area contributed by atoms with Gasteiger partial charge in [-0.15, -0.1) is 0 Å². The lowest BCUT2D eigenvalue weighted by molar-refractivity contribution is -0.384. The van der Waals surface area contributed by atoms with E-state index in [0.29, 0.717) is 23.8 Å². The summed E-state index contributed by atoms with van der Waals surface area (Å²) in [5.41, 5.74) is -0.409. The molecule has 0 fully saturated rings. The number of aliphatic hydroxyl groups excluding tert-OH is 1. The van der Waals surface area contributed by atoms with Gasteiger partial charge in [-0.3, -0.25) is 10.1 Å². The Labute approximate surface area is 176 Å². The number of hydrogen-bond acceptors (Lipinski definition) is 5. The first-order chi connectivity index (χ1) is 14.7. The number of ether oxygens (including phenoxy) is 1. The molecule has 0 aliphatic heterocycles. The largest absolute Gasteiger partial charge is 0.491 e. The maximum absolute atomic E-state index is 12.8. The van der Waals surface area contributed by atoms with Crippen LogP contribution in [-0.2, 0) is 12.7 Å². The molecule has 0 radical (unpaired) electrons. The lowest BCUT2D eigenvalue weighted by Crippen LogP contribution is -2.42. The smallest absolute Gasteiger partial charge is 0.416 e. The molecule has 0 amide bonds. The Bertz CT molecular complexity index is 889. The summed E-state index contributed by atoms with van der Waals surface area (Å²) in [4.78, 5) is 14.3. The van der Waals surface area contributed by atoms with Gasteiger partial charge >= 0.3 is 6.18 Å². The van der Waals surface area contributed by atoms with Gasteiger partial charge in [0.25, 0.3) is 5.69 Å². The number of rotatable bonds is 9. The molecule has 1 unspecified atom stereocenters. The number of benzene rings is 2. The Morgan fingerprint density at radius 1 is 1.23 bits per heavy atom. The topological polar surface area (TPSA) is 109 Å². The number of alkyl halides is 3. The van der Waals surface area contributed by atoms with E-state index >= 15 is 0 Å². The van der Waals surface area contributed by atoms with Gasteiger partial charge in [0.05, 0.1) is 17.0 Å². The summed E-state index contributed by atoms with van der Waals surface area (Å²) in [5.74, 6) is 0.698. The maximum Gasteiger partial charge on any atom is 0.416 e. The number of aliphatic hydroxyl groups is 1. The first kappa shape index (κ1) is 23.9. The Kier molecular flexibility index (Phi) is 8.62. The number of nitrogens with zero attached hydrogens (tertiary/aromatic N) is 2. The SMILES string of the molecule is CCNC(=NCc1cccc(C(F)(F)F)c1)NCC(O)COc1ccc([N+](=O)[O-])cc1. The Hall–Kier alpha value is -3.34. The van der Waals surface area contributed by atoms with Crippen LogP contribution in [0, 0.1) is 10.1 Å². The number of aliphatic imine (C=N–C) groups is 1. The van der Waals surface area contributed by atoms with Crippen LogP contribution < -0.4 is 15.4 Å². The molecule has 0 spiro atoms. The lowest BCUT2D eigenvalue weighted by atomic mass is 10.1. The van der Waals surface area contributed by atoms with Gasteiger partial charge in [0, 0.05) is 25.2 Å². The Morgan fingerprint density at radius 2 is 1.94 bits per heavy atom. The van der Waals surface area contributed by atoms with Gasteiger partial charge in [0.15, 0.2) is 5.96 Å². The number of nitro groups is 1. The average molecular weight is 440 g/mol. The van der Waals surface area contributed by atoms with E-state index in [4.69, 9.17) is 4.74 Å². The van der Waals surface area contributed by atoms with Crippen molar-refractivity contribution >= 4 is 11.6 Å². The molecule has 0 bridgehead atoms. The van der Waals surface area contributed by atoms with Crippen LogP contribution in [-0.4, -0.2) is 41.8 Å². The molecule has 2 rings (SSSR count). The van der Waals surface area contributed by atoms with E-state index in [-0.39, 0.29) is 25.4 Å². The van der Waals surface area contributed by atoms with Gasteiger partial charge in [-0.05, 0) is 36.8 Å². The standard InChI is InChI=1S/C20H23F3N4O4/c1-2-24-19(25-11-14-4-3-5-15(10-14)20(21,22)23)26-12-17(28)13-31-18-8-6-16(7-9-18)27(29)30/h3-10,17,28H,2,11-13H2,1H3,(H2,24,25,26). The Morgan fingerprint density at radius 3 is 2.55 bits per heavy atom. The van der Waals surface area contributed by atoms with E-state index in [1.807, 2.05) is 6.92 Å². The van der Waals surface area contributed by atoms with Crippen molar-refractivity contribution < 1.29 is 27.9 Å². The summed E-state index contributed by atoms with van der Waals surface area (Å²) in [7, 11) is 0. The maximum atomic E-state index is 12.8. The van der Waals surface area contributed by atoms with Gasteiger partial charge in [0.2, 0.25) is 0 Å². The van der Waals surface area contributed by atoms with E-state index in [2.05, 4.69) is 15.6 Å². The Balaban J connectivity index is 1.87. The second kappa shape index (κ2) is 11.2. The zero-order chi connectivity index (χ0) is 22.9. The molecular weight excluding hydrogens is 417 g/mol. The predicted molar refractivity (Wildman–Crippen MR) is 109 cm³/mol. The predicted octanol–water partition coefficient (Wildman–Crippen LogP) is 3.11. The molecule has 1 atom stereocenters. The molecule has 2 aromatic rings. The van der Waals surface area contributed by atoms with Crippen LogP contribution in [0.2, 0.25) is 0 Å². The third-order valence-corrected chi connectivity index (χ3v) is 4.01. The molecule has 0 aliphatic rings. The minimum absolute atomic E-state index is 0.0225. The molecule has 0 heterocycles. The molecule has 168 valence electrons. The van der Waals surface area contributed by atoms with Crippen molar-refractivity contribution in [3.8, 4) is 5.75 Å². The zero-order valence-corrected chi connectivity index (χ0v) is 16.7. The van der Waals surface area contributed by atoms with Crippen molar-refractivity contribution in [3.63, 3.8) is 0 Å². The van der Waals surface area contributed by atoms with Gasteiger partial charge < -0.3 is 20.5 Å². The highest BCUT2D eigenvalue weighted by Crippen LogP contribution is 2.29. The quantitative estimate of drug-likeness (QED) is 0.239. The molecule has 11 heteroatoms. The highest BCUT2D eigenvalue weighted by Gasteiger charge is 2.30.